The number of rotatable bonds is 5. The van der Waals surface area contributed by atoms with Gasteiger partial charge in [0.2, 0.25) is 0 Å². The van der Waals surface area contributed by atoms with Crippen LogP contribution in [0.25, 0.3) is 11.0 Å². The number of fused-ring (bicyclic) bond motifs is 1. The quantitative estimate of drug-likeness (QED) is 0.710. The first-order valence-electron chi connectivity index (χ1n) is 8.23. The van der Waals surface area contributed by atoms with Crippen LogP contribution in [-0.2, 0) is 23.1 Å². The molecule has 2 heterocycles. The number of hydrogen-bond donors (Lipinski definition) is 1. The summed E-state index contributed by atoms with van der Waals surface area (Å²) in [4.78, 5) is 28.3. The Morgan fingerprint density at radius 1 is 1.23 bits per heavy atom. The second-order valence-corrected chi connectivity index (χ2v) is 6.08. The van der Waals surface area contributed by atoms with Crippen molar-refractivity contribution in [1.82, 2.24) is 20.1 Å². The maximum absolute atomic E-state index is 12.2. The Labute approximate surface area is 151 Å². The van der Waals surface area contributed by atoms with Gasteiger partial charge in [-0.2, -0.15) is 5.10 Å². The lowest BCUT2D eigenvalue weighted by atomic mass is 10.1. The minimum absolute atomic E-state index is 0.292. The van der Waals surface area contributed by atoms with E-state index in [9.17, 15) is 9.59 Å². The molecule has 0 aliphatic carbocycles. The lowest BCUT2D eigenvalue weighted by Gasteiger charge is -2.08. The van der Waals surface area contributed by atoms with Gasteiger partial charge in [-0.25, -0.2) is 9.78 Å². The van der Waals surface area contributed by atoms with Crippen LogP contribution >= 0.6 is 0 Å². The number of carbonyl (C=O) groups excluding carboxylic acids is 2. The summed E-state index contributed by atoms with van der Waals surface area (Å²) in [5.41, 5.74) is 3.88. The van der Waals surface area contributed by atoms with E-state index in [4.69, 9.17) is 4.74 Å². The van der Waals surface area contributed by atoms with Crippen molar-refractivity contribution >= 4 is 22.9 Å². The summed E-state index contributed by atoms with van der Waals surface area (Å²) in [5, 5.41) is 7.79. The normalized spacial score (nSPS) is 10.7. The van der Waals surface area contributed by atoms with E-state index in [1.807, 2.05) is 38.1 Å². The van der Waals surface area contributed by atoms with Crippen molar-refractivity contribution in [1.29, 1.82) is 0 Å². The number of pyridine rings is 1. The lowest BCUT2D eigenvalue weighted by Crippen LogP contribution is -2.28. The number of nitrogens with one attached hydrogen (secondary N) is 1. The van der Waals surface area contributed by atoms with Crippen LogP contribution < -0.4 is 5.32 Å². The van der Waals surface area contributed by atoms with Crippen molar-refractivity contribution < 1.29 is 14.3 Å². The third-order valence-electron chi connectivity index (χ3n) is 4.17. The largest absolute Gasteiger partial charge is 0.452 e. The second kappa shape index (κ2) is 7.35. The zero-order chi connectivity index (χ0) is 18.7. The van der Waals surface area contributed by atoms with E-state index in [2.05, 4.69) is 15.4 Å². The van der Waals surface area contributed by atoms with E-state index in [1.54, 1.807) is 17.8 Å². The number of esters is 1. The van der Waals surface area contributed by atoms with E-state index in [0.717, 1.165) is 22.2 Å². The summed E-state index contributed by atoms with van der Waals surface area (Å²) < 4.78 is 6.74. The molecule has 0 saturated carbocycles. The highest BCUT2D eigenvalue weighted by molar-refractivity contribution is 5.94. The molecule has 1 aromatic carbocycles. The molecule has 7 heteroatoms. The molecule has 3 rings (SSSR count). The standard InChI is InChI=1S/C19H20N4O3/c1-12-6-4-5-7-14(12)9-20-17(24)11-26-19(25)15-8-16-13(2)22-23(3)18(16)21-10-15/h4-8,10H,9,11H2,1-3H3,(H,20,24). The molecule has 3 aromatic rings. The Hall–Kier alpha value is -3.22. The molecule has 0 spiro atoms. The summed E-state index contributed by atoms with van der Waals surface area (Å²) in [6.07, 6.45) is 1.43. The van der Waals surface area contributed by atoms with Crippen molar-refractivity contribution in [3.63, 3.8) is 0 Å². The molecule has 2 aromatic heterocycles. The van der Waals surface area contributed by atoms with Gasteiger partial charge in [0, 0.05) is 25.2 Å². The molecule has 0 fully saturated rings. The molecule has 1 amide bonds. The van der Waals surface area contributed by atoms with E-state index in [0.29, 0.717) is 17.8 Å². The Morgan fingerprint density at radius 2 is 2.00 bits per heavy atom. The molecule has 26 heavy (non-hydrogen) atoms. The maximum atomic E-state index is 12.2. The van der Waals surface area contributed by atoms with Gasteiger partial charge >= 0.3 is 5.97 Å². The van der Waals surface area contributed by atoms with E-state index in [-0.39, 0.29) is 12.5 Å². The first kappa shape index (κ1) is 17.6. The molecule has 134 valence electrons. The Balaban J connectivity index is 1.57. The molecule has 0 aliphatic heterocycles. The van der Waals surface area contributed by atoms with Crippen LogP contribution in [0.3, 0.4) is 0 Å². The fourth-order valence-corrected chi connectivity index (χ4v) is 2.69. The Bertz CT molecular complexity index is 978. The average Bonchev–Trinajstić information content (AvgIpc) is 2.92. The molecule has 0 aliphatic rings. The van der Waals surface area contributed by atoms with Crippen molar-refractivity contribution in [2.24, 2.45) is 7.05 Å². The summed E-state index contributed by atoms with van der Waals surface area (Å²) in [6, 6.07) is 9.46. The molecular formula is C19H20N4O3. The van der Waals surface area contributed by atoms with E-state index < -0.39 is 5.97 Å². The minimum Gasteiger partial charge on any atom is -0.452 e. The molecule has 0 radical (unpaired) electrons. The van der Waals surface area contributed by atoms with Gasteiger partial charge in [0.15, 0.2) is 12.3 Å². The van der Waals surface area contributed by atoms with Crippen LogP contribution in [0, 0.1) is 13.8 Å². The zero-order valence-corrected chi connectivity index (χ0v) is 14.9. The molecule has 0 bridgehead atoms. The molecule has 0 atom stereocenters. The molecule has 0 saturated heterocycles. The molecular weight excluding hydrogens is 332 g/mol. The van der Waals surface area contributed by atoms with Gasteiger partial charge in [-0.15, -0.1) is 0 Å². The van der Waals surface area contributed by atoms with Gasteiger partial charge in [0.1, 0.15) is 0 Å². The molecule has 1 N–H and O–H groups in total. The van der Waals surface area contributed by atoms with Crippen molar-refractivity contribution in [2.75, 3.05) is 6.61 Å². The Morgan fingerprint density at radius 3 is 2.77 bits per heavy atom. The van der Waals surface area contributed by atoms with Gasteiger partial charge in [-0.05, 0) is 31.0 Å². The van der Waals surface area contributed by atoms with Gasteiger partial charge < -0.3 is 10.1 Å². The number of aryl methyl sites for hydroxylation is 3. The van der Waals surface area contributed by atoms with Crippen molar-refractivity contribution in [3.8, 4) is 0 Å². The highest BCUT2D eigenvalue weighted by Crippen LogP contribution is 2.17. The Kier molecular flexibility index (Phi) is 4.97. The van der Waals surface area contributed by atoms with Gasteiger partial charge in [-0.3, -0.25) is 9.48 Å². The third-order valence-corrected chi connectivity index (χ3v) is 4.17. The van der Waals surface area contributed by atoms with Crippen molar-refractivity contribution in [3.05, 3.63) is 58.9 Å². The number of aromatic nitrogens is 3. The van der Waals surface area contributed by atoms with Crippen LogP contribution in [0.1, 0.15) is 27.2 Å². The fraction of sp³-hybridized carbons (Fsp3) is 0.263. The summed E-state index contributed by atoms with van der Waals surface area (Å²) in [7, 11) is 1.79. The monoisotopic (exact) mass is 352 g/mol. The highest BCUT2D eigenvalue weighted by Gasteiger charge is 2.14. The highest BCUT2D eigenvalue weighted by atomic mass is 16.5. The van der Waals surface area contributed by atoms with Crippen LogP contribution in [-0.4, -0.2) is 33.2 Å². The second-order valence-electron chi connectivity index (χ2n) is 6.08. The summed E-state index contributed by atoms with van der Waals surface area (Å²) >= 11 is 0. The first-order valence-corrected chi connectivity index (χ1v) is 8.23. The van der Waals surface area contributed by atoms with Gasteiger partial charge in [-0.1, -0.05) is 24.3 Å². The predicted octanol–water partition coefficient (Wildman–Crippen LogP) is 2.06. The zero-order valence-electron chi connectivity index (χ0n) is 14.9. The minimum atomic E-state index is -0.589. The summed E-state index contributed by atoms with van der Waals surface area (Å²) in [6.45, 7) is 3.88. The van der Waals surface area contributed by atoms with Crippen LogP contribution in [0.5, 0.6) is 0 Å². The van der Waals surface area contributed by atoms with Crippen molar-refractivity contribution in [2.45, 2.75) is 20.4 Å². The lowest BCUT2D eigenvalue weighted by molar-refractivity contribution is -0.124. The molecule has 0 unspecified atom stereocenters. The predicted molar refractivity (Wildman–Crippen MR) is 96.6 cm³/mol. The third kappa shape index (κ3) is 3.72. The average molecular weight is 352 g/mol. The topological polar surface area (TPSA) is 86.1 Å². The number of amides is 1. The van der Waals surface area contributed by atoms with Crippen LogP contribution in [0.4, 0.5) is 0 Å². The van der Waals surface area contributed by atoms with Gasteiger partial charge in [0.05, 0.1) is 11.3 Å². The maximum Gasteiger partial charge on any atom is 0.340 e. The van der Waals surface area contributed by atoms with Crippen LogP contribution in [0.15, 0.2) is 36.5 Å². The fourth-order valence-electron chi connectivity index (χ4n) is 2.69. The number of benzene rings is 1. The number of nitrogens with zero attached hydrogens (tertiary/aromatic N) is 3. The summed E-state index contributed by atoms with van der Waals surface area (Å²) in [5.74, 6) is -0.943. The number of hydrogen-bond acceptors (Lipinski definition) is 5. The first-order chi connectivity index (χ1) is 12.5. The SMILES string of the molecule is Cc1ccccc1CNC(=O)COC(=O)c1cnc2c(c1)c(C)nn2C. The number of ether oxygens (including phenoxy) is 1. The van der Waals surface area contributed by atoms with Gasteiger partial charge in [0.25, 0.3) is 5.91 Å². The van der Waals surface area contributed by atoms with Crippen LogP contribution in [0.2, 0.25) is 0 Å². The van der Waals surface area contributed by atoms with E-state index in [1.165, 1.54) is 6.20 Å². The molecule has 7 nitrogen and oxygen atoms in total. The van der Waals surface area contributed by atoms with E-state index >= 15 is 0 Å². The number of carbonyl (C=O) groups is 2. The smallest absolute Gasteiger partial charge is 0.340 e.